The fraction of sp³-hybridized carbons (Fsp3) is 0.278. The van der Waals surface area contributed by atoms with Gasteiger partial charge in [0.25, 0.3) is 0 Å². The van der Waals surface area contributed by atoms with Crippen molar-refractivity contribution in [2.45, 2.75) is 32.7 Å². The van der Waals surface area contributed by atoms with E-state index >= 15 is 0 Å². The summed E-state index contributed by atoms with van der Waals surface area (Å²) in [6.07, 6.45) is 0.419. The van der Waals surface area contributed by atoms with Gasteiger partial charge in [-0.15, -0.1) is 11.6 Å². The molecule has 0 aliphatic rings. The number of carbonyl (C=O) groups is 1. The molecule has 0 radical (unpaired) electrons. The van der Waals surface area contributed by atoms with Crippen LogP contribution in [0.1, 0.15) is 27.8 Å². The van der Waals surface area contributed by atoms with Crippen molar-refractivity contribution in [1.29, 1.82) is 0 Å². The standard InChI is InChI=1S/C18H20ClNO/c1-13-6-7-14(2)17(8-13)10-18(21)20-12-16-5-3-4-15(9-16)11-19/h3-9H,10-12H2,1-2H3,(H,20,21). The van der Waals surface area contributed by atoms with Crippen LogP contribution in [0.15, 0.2) is 42.5 Å². The van der Waals surface area contributed by atoms with E-state index in [0.29, 0.717) is 18.8 Å². The Hall–Kier alpha value is -1.80. The van der Waals surface area contributed by atoms with Crippen LogP contribution in [0, 0.1) is 13.8 Å². The number of aryl methyl sites for hydroxylation is 2. The fourth-order valence-corrected chi connectivity index (χ4v) is 2.42. The molecule has 1 amide bonds. The van der Waals surface area contributed by atoms with Crippen LogP contribution in [0.4, 0.5) is 0 Å². The number of benzene rings is 2. The average molecular weight is 302 g/mol. The highest BCUT2D eigenvalue weighted by molar-refractivity contribution is 6.17. The molecule has 1 N–H and O–H groups in total. The Balaban J connectivity index is 1.94. The third kappa shape index (κ3) is 4.61. The summed E-state index contributed by atoms with van der Waals surface area (Å²) in [4.78, 5) is 12.1. The maximum atomic E-state index is 12.1. The first-order valence-corrected chi connectivity index (χ1v) is 7.58. The Kier molecular flexibility index (Phi) is 5.40. The van der Waals surface area contributed by atoms with Gasteiger partial charge in [-0.2, -0.15) is 0 Å². The Morgan fingerprint density at radius 1 is 1.10 bits per heavy atom. The van der Waals surface area contributed by atoms with Crippen LogP contribution in [0.5, 0.6) is 0 Å². The maximum Gasteiger partial charge on any atom is 0.224 e. The zero-order chi connectivity index (χ0) is 15.2. The summed E-state index contributed by atoms with van der Waals surface area (Å²) in [7, 11) is 0. The lowest BCUT2D eigenvalue weighted by Crippen LogP contribution is -2.24. The van der Waals surface area contributed by atoms with Crippen molar-refractivity contribution < 1.29 is 4.79 Å². The Labute approximate surface area is 131 Å². The summed E-state index contributed by atoms with van der Waals surface area (Å²) >= 11 is 5.81. The van der Waals surface area contributed by atoms with Crippen LogP contribution >= 0.6 is 11.6 Å². The smallest absolute Gasteiger partial charge is 0.224 e. The van der Waals surface area contributed by atoms with E-state index in [1.54, 1.807) is 0 Å². The van der Waals surface area contributed by atoms with Crippen LogP contribution in [-0.4, -0.2) is 5.91 Å². The highest BCUT2D eigenvalue weighted by atomic mass is 35.5. The minimum absolute atomic E-state index is 0.0416. The third-order valence-corrected chi connectivity index (χ3v) is 3.80. The molecule has 0 fully saturated rings. The largest absolute Gasteiger partial charge is 0.352 e. The predicted molar refractivity (Wildman–Crippen MR) is 87.5 cm³/mol. The summed E-state index contributed by atoms with van der Waals surface area (Å²) in [5, 5.41) is 2.96. The van der Waals surface area contributed by atoms with E-state index in [0.717, 1.165) is 22.3 Å². The first-order valence-electron chi connectivity index (χ1n) is 7.05. The first-order chi connectivity index (χ1) is 10.1. The molecule has 21 heavy (non-hydrogen) atoms. The molecule has 0 aliphatic carbocycles. The molecule has 0 bridgehead atoms. The van der Waals surface area contributed by atoms with Crippen molar-refractivity contribution in [3.8, 4) is 0 Å². The van der Waals surface area contributed by atoms with E-state index in [1.165, 1.54) is 5.56 Å². The van der Waals surface area contributed by atoms with Gasteiger partial charge >= 0.3 is 0 Å². The van der Waals surface area contributed by atoms with Gasteiger partial charge in [-0.25, -0.2) is 0 Å². The van der Waals surface area contributed by atoms with Gasteiger partial charge in [0.1, 0.15) is 0 Å². The molecule has 0 aliphatic heterocycles. The second-order valence-corrected chi connectivity index (χ2v) is 5.60. The zero-order valence-electron chi connectivity index (χ0n) is 12.4. The second-order valence-electron chi connectivity index (χ2n) is 5.34. The molecule has 0 saturated heterocycles. The molecule has 2 aromatic rings. The molecule has 2 aromatic carbocycles. The van der Waals surface area contributed by atoms with E-state index < -0.39 is 0 Å². The van der Waals surface area contributed by atoms with Crippen molar-refractivity contribution in [3.63, 3.8) is 0 Å². The van der Waals surface area contributed by atoms with Crippen LogP contribution < -0.4 is 5.32 Å². The molecule has 2 rings (SSSR count). The van der Waals surface area contributed by atoms with E-state index in [4.69, 9.17) is 11.6 Å². The Bertz CT molecular complexity index is 637. The van der Waals surface area contributed by atoms with Crippen molar-refractivity contribution in [2.75, 3.05) is 0 Å². The number of nitrogens with one attached hydrogen (secondary N) is 1. The molecular formula is C18H20ClNO. The van der Waals surface area contributed by atoms with Crippen LogP contribution in [0.25, 0.3) is 0 Å². The van der Waals surface area contributed by atoms with Crippen molar-refractivity contribution in [3.05, 3.63) is 70.3 Å². The van der Waals surface area contributed by atoms with Gasteiger partial charge in [0.15, 0.2) is 0 Å². The monoisotopic (exact) mass is 301 g/mol. The van der Waals surface area contributed by atoms with Gasteiger partial charge in [-0.05, 0) is 36.1 Å². The second kappa shape index (κ2) is 7.28. The van der Waals surface area contributed by atoms with E-state index in [9.17, 15) is 4.79 Å². The molecule has 110 valence electrons. The summed E-state index contributed by atoms with van der Waals surface area (Å²) < 4.78 is 0. The number of hydrogen-bond acceptors (Lipinski definition) is 1. The van der Waals surface area contributed by atoms with Crippen LogP contribution in [-0.2, 0) is 23.6 Å². The van der Waals surface area contributed by atoms with E-state index in [1.807, 2.05) is 38.1 Å². The number of hydrogen-bond donors (Lipinski definition) is 1. The highest BCUT2D eigenvalue weighted by Gasteiger charge is 2.06. The minimum atomic E-state index is 0.0416. The summed E-state index contributed by atoms with van der Waals surface area (Å²) in [6.45, 7) is 4.61. The van der Waals surface area contributed by atoms with E-state index in [2.05, 4.69) is 23.5 Å². The van der Waals surface area contributed by atoms with Gasteiger partial charge in [0, 0.05) is 12.4 Å². The lowest BCUT2D eigenvalue weighted by Gasteiger charge is -2.09. The SMILES string of the molecule is Cc1ccc(C)c(CC(=O)NCc2cccc(CCl)c2)c1. The predicted octanol–water partition coefficient (Wildman–Crippen LogP) is 3.90. The number of amides is 1. The number of rotatable bonds is 5. The van der Waals surface area contributed by atoms with Gasteiger partial charge in [-0.1, -0.05) is 48.0 Å². The normalized spacial score (nSPS) is 10.4. The third-order valence-electron chi connectivity index (χ3n) is 3.49. The van der Waals surface area contributed by atoms with Crippen molar-refractivity contribution in [1.82, 2.24) is 5.32 Å². The molecule has 0 unspecified atom stereocenters. The number of halogens is 1. The van der Waals surface area contributed by atoms with Crippen LogP contribution in [0.2, 0.25) is 0 Å². The Morgan fingerprint density at radius 3 is 2.62 bits per heavy atom. The number of carbonyl (C=O) groups excluding carboxylic acids is 1. The Morgan fingerprint density at radius 2 is 1.86 bits per heavy atom. The number of alkyl halides is 1. The van der Waals surface area contributed by atoms with Crippen molar-refractivity contribution >= 4 is 17.5 Å². The lowest BCUT2D eigenvalue weighted by molar-refractivity contribution is -0.120. The molecule has 0 heterocycles. The molecule has 2 nitrogen and oxygen atoms in total. The maximum absolute atomic E-state index is 12.1. The molecule has 0 aromatic heterocycles. The average Bonchev–Trinajstić information content (AvgIpc) is 2.49. The van der Waals surface area contributed by atoms with Gasteiger partial charge < -0.3 is 5.32 Å². The fourth-order valence-electron chi connectivity index (χ4n) is 2.25. The lowest BCUT2D eigenvalue weighted by atomic mass is 10.0. The van der Waals surface area contributed by atoms with Gasteiger partial charge in [0.2, 0.25) is 5.91 Å². The zero-order valence-corrected chi connectivity index (χ0v) is 13.2. The molecule has 0 saturated carbocycles. The van der Waals surface area contributed by atoms with Crippen LogP contribution in [0.3, 0.4) is 0 Å². The quantitative estimate of drug-likeness (QED) is 0.834. The van der Waals surface area contributed by atoms with Crippen molar-refractivity contribution in [2.24, 2.45) is 0 Å². The minimum Gasteiger partial charge on any atom is -0.352 e. The molecule has 0 spiro atoms. The molecule has 0 atom stereocenters. The molecule has 3 heteroatoms. The summed E-state index contributed by atoms with van der Waals surface area (Å²) in [5.74, 6) is 0.532. The highest BCUT2D eigenvalue weighted by Crippen LogP contribution is 2.12. The molecular weight excluding hydrogens is 282 g/mol. The topological polar surface area (TPSA) is 29.1 Å². The van der Waals surface area contributed by atoms with E-state index in [-0.39, 0.29) is 5.91 Å². The summed E-state index contributed by atoms with van der Waals surface area (Å²) in [5.41, 5.74) is 5.56. The van der Waals surface area contributed by atoms with Gasteiger partial charge in [-0.3, -0.25) is 4.79 Å². The first kappa shape index (κ1) is 15.6. The summed E-state index contributed by atoms with van der Waals surface area (Å²) in [6, 6.07) is 14.1. The van der Waals surface area contributed by atoms with Gasteiger partial charge in [0.05, 0.1) is 6.42 Å².